The first-order valence-corrected chi connectivity index (χ1v) is 12.5. The molecule has 1 spiro atoms. The highest BCUT2D eigenvalue weighted by Gasteiger charge is 2.48. The molecule has 0 unspecified atom stereocenters. The molecule has 3 aromatic rings. The fourth-order valence-corrected chi connectivity index (χ4v) is 6.03. The predicted molar refractivity (Wildman–Crippen MR) is 133 cm³/mol. The Morgan fingerprint density at radius 3 is 2.80 bits per heavy atom. The number of pyridine rings is 1. The summed E-state index contributed by atoms with van der Waals surface area (Å²) in [4.78, 5) is 19.8. The van der Waals surface area contributed by atoms with Gasteiger partial charge in [0.25, 0.3) is 0 Å². The normalized spacial score (nSPS) is 25.3. The largest absolute Gasteiger partial charge is 0.491 e. The van der Waals surface area contributed by atoms with E-state index < -0.39 is 11.0 Å². The minimum atomic E-state index is -0.621. The minimum Gasteiger partial charge on any atom is -0.491 e. The van der Waals surface area contributed by atoms with Crippen molar-refractivity contribution in [1.82, 2.24) is 20.1 Å². The van der Waals surface area contributed by atoms with Crippen LogP contribution in [0.15, 0.2) is 36.7 Å². The standard InChI is InChI=1S/C26H28ClN5O3/c1-25(34)12-17(13-25)23-22-16(14-29-31-23)10-19(15-28-22)35-9-8-32-6-4-26(5-7-32)20-11-18(27)2-3-21(20)30-24(26)33/h2-3,10-11,14-15,17,34H,4-9,12-13H2,1H3,(H,30,33). The molecule has 2 fully saturated rings. The quantitative estimate of drug-likeness (QED) is 0.559. The summed E-state index contributed by atoms with van der Waals surface area (Å²) < 4.78 is 6.01. The van der Waals surface area contributed by atoms with Gasteiger partial charge in [0.05, 0.1) is 34.6 Å². The van der Waals surface area contributed by atoms with Gasteiger partial charge in [0, 0.05) is 28.6 Å². The molecule has 0 atom stereocenters. The number of aromatic nitrogens is 3. The summed E-state index contributed by atoms with van der Waals surface area (Å²) in [7, 11) is 0. The van der Waals surface area contributed by atoms with Crippen LogP contribution in [0.25, 0.3) is 10.9 Å². The monoisotopic (exact) mass is 493 g/mol. The van der Waals surface area contributed by atoms with E-state index in [2.05, 4.69) is 25.4 Å². The van der Waals surface area contributed by atoms with Crippen molar-refractivity contribution in [2.75, 3.05) is 31.6 Å². The zero-order valence-corrected chi connectivity index (χ0v) is 20.4. The van der Waals surface area contributed by atoms with Gasteiger partial charge >= 0.3 is 0 Å². The predicted octanol–water partition coefficient (Wildman–Crippen LogP) is 3.67. The van der Waals surface area contributed by atoms with Crippen molar-refractivity contribution in [1.29, 1.82) is 0 Å². The van der Waals surface area contributed by atoms with E-state index in [0.29, 0.717) is 30.2 Å². The molecule has 2 aromatic heterocycles. The Bertz CT molecular complexity index is 1300. The fourth-order valence-electron chi connectivity index (χ4n) is 5.86. The van der Waals surface area contributed by atoms with Crippen molar-refractivity contribution >= 4 is 34.1 Å². The lowest BCUT2D eigenvalue weighted by Gasteiger charge is -2.40. The number of hydrogen-bond donors (Lipinski definition) is 2. The molecule has 6 rings (SSSR count). The number of piperidine rings is 1. The van der Waals surface area contributed by atoms with Crippen LogP contribution in [-0.4, -0.2) is 62.9 Å². The van der Waals surface area contributed by atoms with Crippen LogP contribution < -0.4 is 10.1 Å². The number of nitrogens with one attached hydrogen (secondary N) is 1. The summed E-state index contributed by atoms with van der Waals surface area (Å²) in [5.41, 5.74) is 2.48. The number of aliphatic hydroxyl groups is 1. The molecule has 1 aliphatic carbocycles. The Balaban J connectivity index is 1.06. The molecule has 3 aliphatic rings. The fraction of sp³-hybridized carbons (Fsp3) is 0.462. The molecule has 1 amide bonds. The van der Waals surface area contributed by atoms with Gasteiger partial charge in [0.15, 0.2) is 0 Å². The summed E-state index contributed by atoms with van der Waals surface area (Å²) >= 11 is 6.22. The number of hydrogen-bond acceptors (Lipinski definition) is 7. The van der Waals surface area contributed by atoms with Gasteiger partial charge in [0.2, 0.25) is 5.91 Å². The van der Waals surface area contributed by atoms with Crippen LogP contribution >= 0.6 is 11.6 Å². The number of halogens is 1. The van der Waals surface area contributed by atoms with Crippen molar-refractivity contribution in [3.8, 4) is 5.75 Å². The van der Waals surface area contributed by atoms with Gasteiger partial charge in [-0.05, 0) is 75.5 Å². The van der Waals surface area contributed by atoms with E-state index in [1.54, 1.807) is 12.4 Å². The number of nitrogens with zero attached hydrogens (tertiary/aromatic N) is 4. The molecule has 2 aliphatic heterocycles. The first-order valence-electron chi connectivity index (χ1n) is 12.1. The Labute approximate surface area is 208 Å². The first kappa shape index (κ1) is 22.6. The molecule has 182 valence electrons. The number of rotatable bonds is 5. The van der Waals surface area contributed by atoms with Crippen LogP contribution in [-0.2, 0) is 10.2 Å². The number of carbonyl (C=O) groups is 1. The summed E-state index contributed by atoms with van der Waals surface area (Å²) in [6.45, 7) is 4.80. The van der Waals surface area contributed by atoms with Gasteiger partial charge in [0.1, 0.15) is 12.4 Å². The molecule has 1 saturated heterocycles. The number of ether oxygens (including phenoxy) is 1. The van der Waals surface area contributed by atoms with Crippen molar-refractivity contribution in [3.63, 3.8) is 0 Å². The van der Waals surface area contributed by atoms with Crippen LogP contribution in [0.2, 0.25) is 5.02 Å². The van der Waals surface area contributed by atoms with E-state index in [1.165, 1.54) is 0 Å². The molecule has 1 aromatic carbocycles. The van der Waals surface area contributed by atoms with E-state index in [4.69, 9.17) is 16.3 Å². The minimum absolute atomic E-state index is 0.0842. The molecular formula is C26H28ClN5O3. The van der Waals surface area contributed by atoms with E-state index in [9.17, 15) is 9.90 Å². The average molecular weight is 494 g/mol. The molecule has 9 heteroatoms. The van der Waals surface area contributed by atoms with Crippen molar-refractivity contribution in [2.24, 2.45) is 0 Å². The number of likely N-dealkylation sites (tertiary alicyclic amines) is 1. The first-order chi connectivity index (χ1) is 16.8. The molecular weight excluding hydrogens is 466 g/mol. The second kappa shape index (κ2) is 8.40. The highest BCUT2D eigenvalue weighted by molar-refractivity contribution is 6.31. The lowest BCUT2D eigenvalue weighted by molar-refractivity contribution is -0.122. The van der Waals surface area contributed by atoms with Crippen LogP contribution in [0.3, 0.4) is 0 Å². The maximum Gasteiger partial charge on any atom is 0.235 e. The second-order valence-corrected chi connectivity index (χ2v) is 10.8. The Morgan fingerprint density at radius 1 is 1.23 bits per heavy atom. The SMILES string of the molecule is CC1(O)CC(c2nncc3cc(OCCN4CCC5(CC4)C(=O)Nc4ccc(Cl)cc45)cnc23)C1. The number of carbonyl (C=O) groups excluding carboxylic acids is 1. The third kappa shape index (κ3) is 4.03. The molecule has 0 bridgehead atoms. The second-order valence-electron chi connectivity index (χ2n) is 10.4. The zero-order chi connectivity index (χ0) is 24.2. The van der Waals surface area contributed by atoms with E-state index in [0.717, 1.165) is 60.3 Å². The van der Waals surface area contributed by atoms with E-state index in [1.807, 2.05) is 31.2 Å². The third-order valence-electron chi connectivity index (χ3n) is 7.82. The van der Waals surface area contributed by atoms with Gasteiger partial charge in [-0.3, -0.25) is 14.7 Å². The average Bonchev–Trinajstić information content (AvgIpc) is 3.08. The van der Waals surface area contributed by atoms with Crippen LogP contribution in [0.4, 0.5) is 5.69 Å². The molecule has 2 N–H and O–H groups in total. The molecule has 1 saturated carbocycles. The maximum atomic E-state index is 12.8. The third-order valence-corrected chi connectivity index (χ3v) is 8.06. The van der Waals surface area contributed by atoms with Crippen LogP contribution in [0.1, 0.15) is 49.8 Å². The van der Waals surface area contributed by atoms with Crippen LogP contribution in [0, 0.1) is 0 Å². The number of anilines is 1. The van der Waals surface area contributed by atoms with Gasteiger partial charge in [-0.1, -0.05) is 11.6 Å². The van der Waals surface area contributed by atoms with Gasteiger partial charge < -0.3 is 15.2 Å². The van der Waals surface area contributed by atoms with Gasteiger partial charge in [-0.2, -0.15) is 10.2 Å². The Morgan fingerprint density at radius 2 is 2.03 bits per heavy atom. The number of fused-ring (bicyclic) bond motifs is 3. The summed E-state index contributed by atoms with van der Waals surface area (Å²) in [5, 5.41) is 23.1. The van der Waals surface area contributed by atoms with Gasteiger partial charge in [-0.25, -0.2) is 0 Å². The molecule has 4 heterocycles. The van der Waals surface area contributed by atoms with E-state index >= 15 is 0 Å². The van der Waals surface area contributed by atoms with Crippen LogP contribution in [0.5, 0.6) is 5.75 Å². The van der Waals surface area contributed by atoms with E-state index in [-0.39, 0.29) is 11.8 Å². The van der Waals surface area contributed by atoms with Crippen molar-refractivity contribution < 1.29 is 14.6 Å². The lowest BCUT2D eigenvalue weighted by atomic mass is 9.70. The highest BCUT2D eigenvalue weighted by Crippen LogP contribution is 2.46. The number of amides is 1. The van der Waals surface area contributed by atoms with Crippen molar-refractivity contribution in [2.45, 2.75) is 49.5 Å². The number of benzene rings is 1. The summed E-state index contributed by atoms with van der Waals surface area (Å²) in [6, 6.07) is 7.60. The molecule has 35 heavy (non-hydrogen) atoms. The smallest absolute Gasteiger partial charge is 0.235 e. The summed E-state index contributed by atoms with van der Waals surface area (Å²) in [6.07, 6.45) is 6.32. The Kier molecular flexibility index (Phi) is 5.43. The molecule has 0 radical (unpaired) electrons. The van der Waals surface area contributed by atoms with Crippen molar-refractivity contribution in [3.05, 3.63) is 52.9 Å². The summed E-state index contributed by atoms with van der Waals surface area (Å²) in [5.74, 6) is 0.970. The lowest BCUT2D eigenvalue weighted by Crippen LogP contribution is -2.47. The topological polar surface area (TPSA) is 100 Å². The van der Waals surface area contributed by atoms with Gasteiger partial charge in [-0.15, -0.1) is 0 Å². The maximum absolute atomic E-state index is 12.8. The Hall–Kier alpha value is -2.81. The molecule has 8 nitrogen and oxygen atoms in total. The highest BCUT2D eigenvalue weighted by atomic mass is 35.5. The zero-order valence-electron chi connectivity index (χ0n) is 19.6.